The molecule has 27 heavy (non-hydrogen) atoms. The Kier molecular flexibility index (Phi) is 5.71. The molecule has 0 saturated carbocycles. The molecular formula is C18H25N3O5S. The van der Waals surface area contributed by atoms with E-state index < -0.39 is 15.8 Å². The standard InChI is InChI=1S/C18H25N3O5S/c1-3-19-7-9-20(10-8-19)17(22)12-21-13-18(23)26-16-11-14(5-6-15(16)21)27(24,25)4-2/h5-6,11H,3-4,7-10,12-13H2,1-2H3. The van der Waals surface area contributed by atoms with Crippen molar-refractivity contribution in [3.05, 3.63) is 18.2 Å². The molecule has 2 heterocycles. The van der Waals surface area contributed by atoms with Crippen molar-refractivity contribution in [1.29, 1.82) is 0 Å². The molecule has 8 nitrogen and oxygen atoms in total. The van der Waals surface area contributed by atoms with E-state index in [1.165, 1.54) is 12.1 Å². The van der Waals surface area contributed by atoms with Crippen molar-refractivity contribution in [3.63, 3.8) is 0 Å². The summed E-state index contributed by atoms with van der Waals surface area (Å²) in [7, 11) is -3.40. The van der Waals surface area contributed by atoms with E-state index in [0.717, 1.165) is 19.6 Å². The summed E-state index contributed by atoms with van der Waals surface area (Å²) in [5, 5.41) is 0. The maximum Gasteiger partial charge on any atom is 0.331 e. The minimum Gasteiger partial charge on any atom is -0.423 e. The molecule has 1 fully saturated rings. The van der Waals surface area contributed by atoms with Crippen LogP contribution in [0.2, 0.25) is 0 Å². The van der Waals surface area contributed by atoms with Gasteiger partial charge in [0, 0.05) is 32.2 Å². The molecule has 148 valence electrons. The van der Waals surface area contributed by atoms with Crippen molar-refractivity contribution in [2.45, 2.75) is 18.7 Å². The molecule has 0 N–H and O–H groups in total. The highest BCUT2D eigenvalue weighted by Gasteiger charge is 2.29. The minimum absolute atomic E-state index is 0.0342. The summed E-state index contributed by atoms with van der Waals surface area (Å²) in [5.41, 5.74) is 0.560. The summed E-state index contributed by atoms with van der Waals surface area (Å²) in [6, 6.07) is 4.46. The Morgan fingerprint density at radius 3 is 2.48 bits per heavy atom. The average molecular weight is 395 g/mol. The summed E-state index contributed by atoms with van der Waals surface area (Å²) in [6.07, 6.45) is 0. The SMILES string of the molecule is CCN1CCN(C(=O)CN2CC(=O)Oc3cc(S(=O)(=O)CC)ccc32)CC1. The third-order valence-electron chi connectivity index (χ3n) is 5.05. The summed E-state index contributed by atoms with van der Waals surface area (Å²) < 4.78 is 29.4. The first-order valence-electron chi connectivity index (χ1n) is 9.16. The van der Waals surface area contributed by atoms with Gasteiger partial charge >= 0.3 is 5.97 Å². The number of anilines is 1. The lowest BCUT2D eigenvalue weighted by atomic mass is 10.2. The van der Waals surface area contributed by atoms with Gasteiger partial charge in [-0.2, -0.15) is 0 Å². The van der Waals surface area contributed by atoms with Gasteiger partial charge in [-0.25, -0.2) is 13.2 Å². The van der Waals surface area contributed by atoms with Gasteiger partial charge in [0.2, 0.25) is 5.91 Å². The molecule has 2 aliphatic heterocycles. The maximum absolute atomic E-state index is 12.7. The van der Waals surface area contributed by atoms with Crippen molar-refractivity contribution < 1.29 is 22.7 Å². The van der Waals surface area contributed by atoms with Crippen molar-refractivity contribution in [1.82, 2.24) is 9.80 Å². The lowest BCUT2D eigenvalue weighted by molar-refractivity contribution is -0.134. The Labute approximate surface area is 159 Å². The Morgan fingerprint density at radius 1 is 1.15 bits per heavy atom. The number of sulfone groups is 1. The maximum atomic E-state index is 12.7. The van der Waals surface area contributed by atoms with E-state index >= 15 is 0 Å². The van der Waals surface area contributed by atoms with Crippen LogP contribution in [0.5, 0.6) is 5.75 Å². The highest BCUT2D eigenvalue weighted by Crippen LogP contribution is 2.34. The lowest BCUT2D eigenvalue weighted by Gasteiger charge is -2.36. The van der Waals surface area contributed by atoms with Gasteiger partial charge in [0.1, 0.15) is 6.54 Å². The number of ether oxygens (including phenoxy) is 1. The van der Waals surface area contributed by atoms with E-state index in [4.69, 9.17) is 4.74 Å². The van der Waals surface area contributed by atoms with E-state index in [9.17, 15) is 18.0 Å². The predicted octanol–water partition coefficient (Wildman–Crippen LogP) is 0.370. The first-order chi connectivity index (χ1) is 12.8. The van der Waals surface area contributed by atoms with E-state index in [0.29, 0.717) is 18.8 Å². The fourth-order valence-electron chi connectivity index (χ4n) is 3.31. The zero-order valence-electron chi connectivity index (χ0n) is 15.7. The highest BCUT2D eigenvalue weighted by atomic mass is 32.2. The monoisotopic (exact) mass is 395 g/mol. The number of rotatable bonds is 5. The number of likely N-dealkylation sites (N-methyl/N-ethyl adjacent to an activating group) is 1. The van der Waals surface area contributed by atoms with Crippen molar-refractivity contribution in [2.24, 2.45) is 0 Å². The summed E-state index contributed by atoms with van der Waals surface area (Å²) in [4.78, 5) is 30.5. The van der Waals surface area contributed by atoms with Crippen LogP contribution >= 0.6 is 0 Å². The number of fused-ring (bicyclic) bond motifs is 1. The second-order valence-electron chi connectivity index (χ2n) is 6.68. The number of hydrogen-bond acceptors (Lipinski definition) is 7. The van der Waals surface area contributed by atoms with E-state index in [1.54, 1.807) is 17.9 Å². The van der Waals surface area contributed by atoms with Gasteiger partial charge in [0.15, 0.2) is 15.6 Å². The van der Waals surface area contributed by atoms with E-state index in [-0.39, 0.29) is 35.4 Å². The number of esters is 1. The number of nitrogens with zero attached hydrogens (tertiary/aromatic N) is 3. The second kappa shape index (κ2) is 7.85. The number of carbonyl (C=O) groups is 2. The molecular weight excluding hydrogens is 370 g/mol. The Hall–Kier alpha value is -2.13. The fraction of sp³-hybridized carbons (Fsp3) is 0.556. The molecule has 0 radical (unpaired) electrons. The van der Waals surface area contributed by atoms with Crippen LogP contribution in [0.15, 0.2) is 23.1 Å². The van der Waals surface area contributed by atoms with Gasteiger partial charge in [-0.15, -0.1) is 0 Å². The normalized spacial score (nSPS) is 18.2. The zero-order chi connectivity index (χ0) is 19.6. The molecule has 1 amide bonds. The number of amides is 1. The van der Waals surface area contributed by atoms with Crippen molar-refractivity contribution in [3.8, 4) is 5.75 Å². The average Bonchev–Trinajstić information content (AvgIpc) is 2.67. The van der Waals surface area contributed by atoms with Gasteiger partial charge in [0.25, 0.3) is 0 Å². The number of carbonyl (C=O) groups excluding carboxylic acids is 2. The lowest BCUT2D eigenvalue weighted by Crippen LogP contribution is -2.52. The molecule has 0 spiro atoms. The van der Waals surface area contributed by atoms with Crippen LogP contribution < -0.4 is 9.64 Å². The molecule has 3 rings (SSSR count). The van der Waals surface area contributed by atoms with Gasteiger partial charge in [0.05, 0.1) is 22.9 Å². The number of piperazine rings is 1. The van der Waals surface area contributed by atoms with Crippen LogP contribution in [0.3, 0.4) is 0 Å². The second-order valence-corrected chi connectivity index (χ2v) is 8.96. The van der Waals surface area contributed by atoms with Gasteiger partial charge in [-0.05, 0) is 18.7 Å². The van der Waals surface area contributed by atoms with Crippen molar-refractivity contribution >= 4 is 27.4 Å². The fourth-order valence-corrected chi connectivity index (χ4v) is 4.21. The first kappa shape index (κ1) is 19.6. The topological polar surface area (TPSA) is 87.2 Å². The largest absolute Gasteiger partial charge is 0.423 e. The number of hydrogen-bond donors (Lipinski definition) is 0. The third-order valence-corrected chi connectivity index (χ3v) is 6.79. The molecule has 2 aliphatic rings. The molecule has 0 aliphatic carbocycles. The van der Waals surface area contributed by atoms with Crippen LogP contribution in [0.1, 0.15) is 13.8 Å². The van der Waals surface area contributed by atoms with E-state index in [1.807, 2.05) is 4.90 Å². The van der Waals surface area contributed by atoms with Gasteiger partial charge in [-0.1, -0.05) is 13.8 Å². The van der Waals surface area contributed by atoms with E-state index in [2.05, 4.69) is 11.8 Å². The molecule has 9 heteroatoms. The van der Waals surface area contributed by atoms with Crippen molar-refractivity contribution in [2.75, 3.05) is 56.5 Å². The molecule has 0 atom stereocenters. The summed E-state index contributed by atoms with van der Waals surface area (Å²) in [5.74, 6) is -0.399. The zero-order valence-corrected chi connectivity index (χ0v) is 16.5. The quantitative estimate of drug-likeness (QED) is 0.526. The van der Waals surface area contributed by atoms with Crippen LogP contribution in [-0.2, 0) is 19.4 Å². The molecule has 1 aromatic carbocycles. The Morgan fingerprint density at radius 2 is 1.85 bits per heavy atom. The van der Waals surface area contributed by atoms with Gasteiger partial charge < -0.3 is 19.4 Å². The predicted molar refractivity (Wildman–Crippen MR) is 101 cm³/mol. The van der Waals surface area contributed by atoms with Crippen LogP contribution in [0.4, 0.5) is 5.69 Å². The molecule has 1 aromatic rings. The molecule has 0 aromatic heterocycles. The molecule has 1 saturated heterocycles. The van der Waals surface area contributed by atoms with Crippen LogP contribution in [0.25, 0.3) is 0 Å². The summed E-state index contributed by atoms with van der Waals surface area (Å²) >= 11 is 0. The summed E-state index contributed by atoms with van der Waals surface area (Å²) in [6.45, 7) is 7.69. The first-order valence-corrected chi connectivity index (χ1v) is 10.8. The Balaban J connectivity index is 1.76. The number of benzene rings is 1. The third kappa shape index (κ3) is 4.24. The van der Waals surface area contributed by atoms with Crippen LogP contribution in [0, 0.1) is 0 Å². The van der Waals surface area contributed by atoms with Gasteiger partial charge in [-0.3, -0.25) is 4.79 Å². The smallest absolute Gasteiger partial charge is 0.331 e. The molecule has 0 unspecified atom stereocenters. The minimum atomic E-state index is -3.40. The highest BCUT2D eigenvalue weighted by molar-refractivity contribution is 7.91. The Bertz CT molecular complexity index is 831. The van der Waals surface area contributed by atoms with Crippen LogP contribution in [-0.4, -0.2) is 81.7 Å². The molecule has 0 bridgehead atoms.